The van der Waals surface area contributed by atoms with E-state index in [1.807, 2.05) is 0 Å². The Kier molecular flexibility index (Phi) is 6.08. The molecule has 0 saturated heterocycles. The van der Waals surface area contributed by atoms with Gasteiger partial charge < -0.3 is 21.1 Å². The highest BCUT2D eigenvalue weighted by molar-refractivity contribution is 6.04. The fourth-order valence-electron chi connectivity index (χ4n) is 3.35. The second-order valence-electron chi connectivity index (χ2n) is 6.87. The largest absolute Gasteiger partial charge is 0.497 e. The fourth-order valence-corrected chi connectivity index (χ4v) is 3.35. The van der Waals surface area contributed by atoms with Crippen molar-refractivity contribution in [3.05, 3.63) is 54.1 Å². The van der Waals surface area contributed by atoms with Crippen LogP contribution in [0.3, 0.4) is 0 Å². The maximum Gasteiger partial charge on any atom is 0.255 e. The van der Waals surface area contributed by atoms with Crippen LogP contribution in [0.2, 0.25) is 0 Å². The number of nitrogens with one attached hydrogen (secondary N) is 2. The van der Waals surface area contributed by atoms with Gasteiger partial charge in [-0.1, -0.05) is 6.42 Å². The molecule has 0 spiro atoms. The third kappa shape index (κ3) is 5.08. The molecule has 6 nitrogen and oxygen atoms in total. The quantitative estimate of drug-likeness (QED) is 0.729. The van der Waals surface area contributed by atoms with Gasteiger partial charge >= 0.3 is 0 Å². The minimum atomic E-state index is -0.213. The summed E-state index contributed by atoms with van der Waals surface area (Å²) in [6.45, 7) is 0. The van der Waals surface area contributed by atoms with Gasteiger partial charge in [0.15, 0.2) is 0 Å². The van der Waals surface area contributed by atoms with Crippen molar-refractivity contribution in [1.82, 2.24) is 0 Å². The molecule has 1 fully saturated rings. The maximum atomic E-state index is 12.3. The van der Waals surface area contributed by atoms with Gasteiger partial charge in [0, 0.05) is 29.4 Å². The van der Waals surface area contributed by atoms with E-state index in [-0.39, 0.29) is 23.8 Å². The lowest BCUT2D eigenvalue weighted by molar-refractivity contribution is -0.117. The van der Waals surface area contributed by atoms with Crippen molar-refractivity contribution < 1.29 is 14.3 Å². The maximum absolute atomic E-state index is 12.3. The highest BCUT2D eigenvalue weighted by Gasteiger charge is 2.26. The minimum Gasteiger partial charge on any atom is -0.497 e. The van der Waals surface area contributed by atoms with Crippen LogP contribution < -0.4 is 21.1 Å². The summed E-state index contributed by atoms with van der Waals surface area (Å²) in [4.78, 5) is 24.5. The number of carbonyl (C=O) groups excluding carboxylic acids is 2. The lowest BCUT2D eigenvalue weighted by Crippen LogP contribution is -2.28. The lowest BCUT2D eigenvalue weighted by atomic mass is 10.00. The number of nitrogens with two attached hydrogens (primary N) is 1. The Labute approximate surface area is 159 Å². The SMILES string of the molecule is COc1ccc(NC(=O)c2ccc(NC(=O)C[C@@H]3CCC[C@H]3N)cc2)cc1. The van der Waals surface area contributed by atoms with Crippen LogP contribution in [-0.2, 0) is 4.79 Å². The number of methoxy groups -OCH3 is 1. The van der Waals surface area contributed by atoms with Gasteiger partial charge in [-0.2, -0.15) is 0 Å². The van der Waals surface area contributed by atoms with Crippen LogP contribution in [0.5, 0.6) is 5.75 Å². The van der Waals surface area contributed by atoms with E-state index in [1.54, 1.807) is 55.6 Å². The zero-order valence-corrected chi connectivity index (χ0v) is 15.4. The lowest BCUT2D eigenvalue weighted by Gasteiger charge is -2.14. The zero-order valence-electron chi connectivity index (χ0n) is 15.4. The molecule has 4 N–H and O–H groups in total. The molecule has 1 saturated carbocycles. The number of anilines is 2. The van der Waals surface area contributed by atoms with Crippen molar-refractivity contribution in [2.45, 2.75) is 31.7 Å². The van der Waals surface area contributed by atoms with Crippen LogP contribution in [-0.4, -0.2) is 25.0 Å². The van der Waals surface area contributed by atoms with Gasteiger partial charge in [0.2, 0.25) is 5.91 Å². The Morgan fingerprint density at radius 3 is 2.22 bits per heavy atom. The molecule has 0 radical (unpaired) electrons. The zero-order chi connectivity index (χ0) is 19.2. The van der Waals surface area contributed by atoms with Gasteiger partial charge in [0.25, 0.3) is 5.91 Å². The third-order valence-electron chi connectivity index (χ3n) is 4.94. The third-order valence-corrected chi connectivity index (χ3v) is 4.94. The molecule has 0 unspecified atom stereocenters. The fraction of sp³-hybridized carbons (Fsp3) is 0.333. The van der Waals surface area contributed by atoms with E-state index in [4.69, 9.17) is 10.5 Å². The molecule has 0 bridgehead atoms. The molecule has 27 heavy (non-hydrogen) atoms. The summed E-state index contributed by atoms with van der Waals surface area (Å²) in [7, 11) is 1.59. The molecule has 2 aromatic rings. The van der Waals surface area contributed by atoms with E-state index >= 15 is 0 Å². The van der Waals surface area contributed by atoms with Gasteiger partial charge in [-0.15, -0.1) is 0 Å². The smallest absolute Gasteiger partial charge is 0.255 e. The molecule has 1 aliphatic carbocycles. The average molecular weight is 367 g/mol. The molecule has 0 aromatic heterocycles. The van der Waals surface area contributed by atoms with Crippen LogP contribution in [0.15, 0.2) is 48.5 Å². The average Bonchev–Trinajstić information content (AvgIpc) is 3.07. The van der Waals surface area contributed by atoms with Crippen LogP contribution in [0.1, 0.15) is 36.0 Å². The topological polar surface area (TPSA) is 93.5 Å². The van der Waals surface area contributed by atoms with Crippen molar-refractivity contribution in [2.75, 3.05) is 17.7 Å². The number of hydrogen-bond acceptors (Lipinski definition) is 4. The summed E-state index contributed by atoms with van der Waals surface area (Å²) in [6.07, 6.45) is 3.55. The standard InChI is InChI=1S/C21H25N3O3/c1-27-18-11-9-17(10-12-18)24-21(26)14-5-7-16(8-6-14)23-20(25)13-15-3-2-4-19(15)22/h5-12,15,19H,2-4,13,22H2,1H3,(H,23,25)(H,24,26)/t15-,19+/m0/s1. The summed E-state index contributed by atoms with van der Waals surface area (Å²) in [5.41, 5.74) is 7.90. The van der Waals surface area contributed by atoms with Gasteiger partial charge in [-0.05, 0) is 67.3 Å². The predicted molar refractivity (Wildman–Crippen MR) is 106 cm³/mol. The van der Waals surface area contributed by atoms with E-state index in [9.17, 15) is 9.59 Å². The molecule has 2 aromatic carbocycles. The Morgan fingerprint density at radius 1 is 1.00 bits per heavy atom. The molecule has 142 valence electrons. The second-order valence-corrected chi connectivity index (χ2v) is 6.87. The second kappa shape index (κ2) is 8.68. The molecule has 0 aliphatic heterocycles. The number of amides is 2. The van der Waals surface area contributed by atoms with Crippen LogP contribution in [0.4, 0.5) is 11.4 Å². The van der Waals surface area contributed by atoms with Crippen LogP contribution >= 0.6 is 0 Å². The Balaban J connectivity index is 1.54. The van der Waals surface area contributed by atoms with E-state index in [0.717, 1.165) is 25.0 Å². The molecule has 3 rings (SSSR count). The first-order valence-corrected chi connectivity index (χ1v) is 9.16. The Hall–Kier alpha value is -2.86. The minimum absolute atomic E-state index is 0.0345. The Bertz CT molecular complexity index is 787. The summed E-state index contributed by atoms with van der Waals surface area (Å²) in [6, 6.07) is 14.1. The van der Waals surface area contributed by atoms with E-state index in [2.05, 4.69) is 10.6 Å². The highest BCUT2D eigenvalue weighted by atomic mass is 16.5. The predicted octanol–water partition coefficient (Wildman–Crippen LogP) is 3.40. The van der Waals surface area contributed by atoms with Crippen molar-refractivity contribution in [2.24, 2.45) is 11.7 Å². The monoisotopic (exact) mass is 367 g/mol. The van der Waals surface area contributed by atoms with E-state index in [1.165, 1.54) is 0 Å². The molecule has 6 heteroatoms. The van der Waals surface area contributed by atoms with Gasteiger partial charge in [0.05, 0.1) is 7.11 Å². The molecule has 1 aliphatic rings. The highest BCUT2D eigenvalue weighted by Crippen LogP contribution is 2.27. The Morgan fingerprint density at radius 2 is 1.63 bits per heavy atom. The molecule has 2 amide bonds. The molecular weight excluding hydrogens is 342 g/mol. The number of carbonyl (C=O) groups is 2. The van der Waals surface area contributed by atoms with Crippen LogP contribution in [0, 0.1) is 5.92 Å². The van der Waals surface area contributed by atoms with Crippen molar-refractivity contribution >= 4 is 23.2 Å². The van der Waals surface area contributed by atoms with Gasteiger partial charge in [0.1, 0.15) is 5.75 Å². The van der Waals surface area contributed by atoms with Gasteiger partial charge in [-0.25, -0.2) is 0 Å². The van der Waals surface area contributed by atoms with Crippen molar-refractivity contribution in [1.29, 1.82) is 0 Å². The first-order valence-electron chi connectivity index (χ1n) is 9.16. The summed E-state index contributed by atoms with van der Waals surface area (Å²) in [5, 5.41) is 5.70. The first kappa shape index (κ1) is 18.9. The van der Waals surface area contributed by atoms with Crippen molar-refractivity contribution in [3.63, 3.8) is 0 Å². The summed E-state index contributed by atoms with van der Waals surface area (Å²) < 4.78 is 5.10. The number of hydrogen-bond donors (Lipinski definition) is 3. The molecule has 2 atom stereocenters. The van der Waals surface area contributed by atoms with Gasteiger partial charge in [-0.3, -0.25) is 9.59 Å². The first-order chi connectivity index (χ1) is 13.0. The molecular formula is C21H25N3O3. The van der Waals surface area contributed by atoms with Crippen molar-refractivity contribution in [3.8, 4) is 5.75 Å². The summed E-state index contributed by atoms with van der Waals surface area (Å²) in [5.74, 6) is 0.744. The normalized spacial score (nSPS) is 18.7. The van der Waals surface area contributed by atoms with Crippen LogP contribution in [0.25, 0.3) is 0 Å². The molecule has 0 heterocycles. The summed E-state index contributed by atoms with van der Waals surface area (Å²) >= 11 is 0. The van der Waals surface area contributed by atoms with E-state index in [0.29, 0.717) is 23.4 Å². The number of rotatable bonds is 6. The van der Waals surface area contributed by atoms with E-state index < -0.39 is 0 Å². The number of ether oxygens (including phenoxy) is 1. The number of benzene rings is 2.